The van der Waals surface area contributed by atoms with E-state index in [1.54, 1.807) is 41.3 Å². The van der Waals surface area contributed by atoms with E-state index in [1.807, 2.05) is 60.7 Å². The fourth-order valence-electron chi connectivity index (χ4n) is 5.85. The lowest BCUT2D eigenvalue weighted by Gasteiger charge is -2.26. The Hall–Kier alpha value is -5.31. The molecule has 0 radical (unpaired) electrons. The highest BCUT2D eigenvalue weighted by molar-refractivity contribution is 6.21. The van der Waals surface area contributed by atoms with Crippen molar-refractivity contribution in [1.29, 1.82) is 0 Å². The largest absolute Gasteiger partial charge is 0.352 e. The van der Waals surface area contributed by atoms with Crippen molar-refractivity contribution < 1.29 is 18.8 Å². The predicted octanol–water partition coefficient (Wildman–Crippen LogP) is 6.95. The third-order valence-corrected chi connectivity index (χ3v) is 8.43. The Bertz CT molecular complexity index is 1880. The maximum absolute atomic E-state index is 14.3. The highest BCUT2D eigenvalue weighted by atomic mass is 35.5. The molecule has 5 aromatic carbocycles. The van der Waals surface area contributed by atoms with E-state index in [1.165, 1.54) is 11.0 Å². The fourth-order valence-corrected chi connectivity index (χ4v) is 5.85. The number of benzene rings is 5. The van der Waals surface area contributed by atoms with Gasteiger partial charge in [0.1, 0.15) is 11.7 Å². The maximum atomic E-state index is 14.3. The number of nitrogens with one attached hydrogen (secondary N) is 1. The van der Waals surface area contributed by atoms with Gasteiger partial charge in [0.2, 0.25) is 17.7 Å². The Kier molecular flexibility index (Phi) is 11.0. The molecule has 0 bridgehead atoms. The number of para-hydroxylation sites is 2. The Morgan fingerprint density at radius 1 is 0.708 bits per heavy atom. The van der Waals surface area contributed by atoms with Crippen LogP contribution in [0.25, 0.3) is 11.1 Å². The molecule has 0 aliphatic carbocycles. The van der Waals surface area contributed by atoms with Crippen molar-refractivity contribution in [3.63, 3.8) is 0 Å². The van der Waals surface area contributed by atoms with E-state index in [9.17, 15) is 18.8 Å². The van der Waals surface area contributed by atoms with Crippen molar-refractivity contribution in [1.82, 2.24) is 5.32 Å². The van der Waals surface area contributed by atoms with Gasteiger partial charge < -0.3 is 16.0 Å². The number of rotatable bonds is 10. The lowest BCUT2D eigenvalue weighted by Crippen LogP contribution is -2.44. The summed E-state index contributed by atoms with van der Waals surface area (Å²) >= 11 is 0. The Balaban J connectivity index is 0.00000451. The minimum absolute atomic E-state index is 0. The predicted molar refractivity (Wildman–Crippen MR) is 189 cm³/mol. The molecule has 1 unspecified atom stereocenters. The summed E-state index contributed by atoms with van der Waals surface area (Å²) in [6.07, 6.45) is 0.139. The standard InChI is InChI=1S/C39H35FN4O3.ClH/c40-34-11-5-4-10-31(34)26-42-37(45)24-33-38(46)43(23-22-27-14-18-30(19-15-27)29-8-2-1-3-9-29)35-12-6-7-13-36(35)44(39(33)47)32-20-16-28(25-41)17-21-32;/h1-21,33H,22-26,41H2,(H,42,45);1H. The summed E-state index contributed by atoms with van der Waals surface area (Å²) in [5.41, 5.74) is 11.9. The van der Waals surface area contributed by atoms with Crippen LogP contribution in [0.3, 0.4) is 0 Å². The second kappa shape index (κ2) is 15.5. The van der Waals surface area contributed by atoms with Crippen LogP contribution >= 0.6 is 12.4 Å². The van der Waals surface area contributed by atoms with Crippen molar-refractivity contribution in [2.24, 2.45) is 11.7 Å². The number of halogens is 2. The average Bonchev–Trinajstić information content (AvgIpc) is 3.19. The van der Waals surface area contributed by atoms with Gasteiger partial charge in [0.25, 0.3) is 0 Å². The van der Waals surface area contributed by atoms with E-state index in [2.05, 4.69) is 29.6 Å². The van der Waals surface area contributed by atoms with Crippen molar-refractivity contribution in [3.8, 4) is 11.1 Å². The molecule has 3 N–H and O–H groups in total. The van der Waals surface area contributed by atoms with Gasteiger partial charge in [-0.1, -0.05) is 97.1 Å². The monoisotopic (exact) mass is 662 g/mol. The lowest BCUT2D eigenvalue weighted by molar-refractivity contribution is -0.136. The SMILES string of the molecule is Cl.NCc1ccc(N2C(=O)C(CC(=O)NCc3ccccc3F)C(=O)N(CCc3ccc(-c4ccccc4)cc3)c3ccccc32)cc1. The molecule has 5 aromatic rings. The molecule has 244 valence electrons. The summed E-state index contributed by atoms with van der Waals surface area (Å²) in [5.74, 6) is -3.26. The first-order valence-electron chi connectivity index (χ1n) is 15.6. The van der Waals surface area contributed by atoms with Gasteiger partial charge in [-0.3, -0.25) is 19.3 Å². The van der Waals surface area contributed by atoms with Gasteiger partial charge >= 0.3 is 0 Å². The summed E-state index contributed by atoms with van der Waals surface area (Å²) in [5, 5.41) is 2.70. The molecule has 1 atom stereocenters. The van der Waals surface area contributed by atoms with E-state index in [0.29, 0.717) is 42.1 Å². The first-order valence-corrected chi connectivity index (χ1v) is 15.6. The summed E-state index contributed by atoms with van der Waals surface area (Å²) in [6.45, 7) is 0.573. The highest BCUT2D eigenvalue weighted by Gasteiger charge is 2.41. The smallest absolute Gasteiger partial charge is 0.244 e. The van der Waals surface area contributed by atoms with E-state index in [0.717, 1.165) is 22.3 Å². The number of carbonyl (C=O) groups is 3. The quantitative estimate of drug-likeness (QED) is 0.158. The summed E-state index contributed by atoms with van der Waals surface area (Å²) in [6, 6.07) is 39.0. The molecule has 48 heavy (non-hydrogen) atoms. The highest BCUT2D eigenvalue weighted by Crippen LogP contribution is 2.40. The molecule has 3 amide bonds. The first kappa shape index (κ1) is 34.0. The van der Waals surface area contributed by atoms with Gasteiger partial charge in [-0.25, -0.2) is 4.39 Å². The molecule has 0 saturated heterocycles. The summed E-state index contributed by atoms with van der Waals surface area (Å²) in [4.78, 5) is 45.1. The van der Waals surface area contributed by atoms with Crippen molar-refractivity contribution in [3.05, 3.63) is 150 Å². The van der Waals surface area contributed by atoms with Gasteiger partial charge in [-0.2, -0.15) is 0 Å². The molecule has 1 aliphatic heterocycles. The minimum atomic E-state index is -1.31. The van der Waals surface area contributed by atoms with E-state index in [-0.39, 0.29) is 25.4 Å². The van der Waals surface area contributed by atoms with Gasteiger partial charge in [0, 0.05) is 37.3 Å². The zero-order valence-corrected chi connectivity index (χ0v) is 27.0. The maximum Gasteiger partial charge on any atom is 0.244 e. The number of hydrogen-bond acceptors (Lipinski definition) is 4. The first-order chi connectivity index (χ1) is 22.9. The number of anilines is 3. The fraction of sp³-hybridized carbons (Fsp3) is 0.154. The van der Waals surface area contributed by atoms with Crippen LogP contribution in [0.4, 0.5) is 21.5 Å². The number of nitrogens with two attached hydrogens (primary N) is 1. The van der Waals surface area contributed by atoms with Crippen LogP contribution in [0.2, 0.25) is 0 Å². The Morgan fingerprint density at radius 3 is 2.00 bits per heavy atom. The third kappa shape index (κ3) is 7.46. The van der Waals surface area contributed by atoms with Crippen LogP contribution in [0.1, 0.15) is 23.1 Å². The Morgan fingerprint density at radius 2 is 1.31 bits per heavy atom. The van der Waals surface area contributed by atoms with Gasteiger partial charge in [0.15, 0.2) is 0 Å². The Labute approximate surface area is 285 Å². The van der Waals surface area contributed by atoms with Gasteiger partial charge in [-0.15, -0.1) is 12.4 Å². The molecule has 9 heteroatoms. The molecule has 1 heterocycles. The molecule has 0 fully saturated rings. The van der Waals surface area contributed by atoms with Crippen LogP contribution in [0.15, 0.2) is 127 Å². The lowest BCUT2D eigenvalue weighted by atomic mass is 10.00. The van der Waals surface area contributed by atoms with Crippen molar-refractivity contribution >= 4 is 47.2 Å². The molecular weight excluding hydrogens is 627 g/mol. The number of nitrogens with zero attached hydrogens (tertiary/aromatic N) is 2. The number of amides is 3. The third-order valence-electron chi connectivity index (χ3n) is 8.43. The summed E-state index contributed by atoms with van der Waals surface area (Å²) in [7, 11) is 0. The number of carbonyl (C=O) groups excluding carboxylic acids is 3. The molecule has 0 spiro atoms. The van der Waals surface area contributed by atoms with Crippen LogP contribution in [-0.2, 0) is 33.9 Å². The average molecular weight is 663 g/mol. The van der Waals surface area contributed by atoms with Crippen LogP contribution < -0.4 is 20.9 Å². The van der Waals surface area contributed by atoms with E-state index >= 15 is 0 Å². The second-order valence-electron chi connectivity index (χ2n) is 11.5. The topological polar surface area (TPSA) is 95.7 Å². The summed E-state index contributed by atoms with van der Waals surface area (Å²) < 4.78 is 14.2. The molecule has 1 aliphatic rings. The number of fused-ring (bicyclic) bond motifs is 1. The molecule has 0 aromatic heterocycles. The second-order valence-corrected chi connectivity index (χ2v) is 11.5. The molecule has 7 nitrogen and oxygen atoms in total. The molecule has 0 saturated carbocycles. The van der Waals surface area contributed by atoms with Crippen molar-refractivity contribution in [2.45, 2.75) is 25.9 Å². The van der Waals surface area contributed by atoms with Crippen molar-refractivity contribution in [2.75, 3.05) is 16.3 Å². The zero-order chi connectivity index (χ0) is 32.8. The van der Waals surface area contributed by atoms with E-state index < -0.39 is 29.5 Å². The van der Waals surface area contributed by atoms with Crippen LogP contribution in [0.5, 0.6) is 0 Å². The normalized spacial score (nSPS) is 14.2. The van der Waals surface area contributed by atoms with E-state index in [4.69, 9.17) is 5.73 Å². The van der Waals surface area contributed by atoms with Crippen LogP contribution in [-0.4, -0.2) is 24.3 Å². The molecule has 6 rings (SSSR count). The van der Waals surface area contributed by atoms with Gasteiger partial charge in [0.05, 0.1) is 11.4 Å². The zero-order valence-electron chi connectivity index (χ0n) is 26.2. The van der Waals surface area contributed by atoms with Crippen LogP contribution in [0, 0.1) is 11.7 Å². The van der Waals surface area contributed by atoms with Gasteiger partial charge in [-0.05, 0) is 59.0 Å². The molecular formula is C39H36ClFN4O3. The minimum Gasteiger partial charge on any atom is -0.352 e. The number of hydrogen-bond donors (Lipinski definition) is 2.